The Kier molecular flexibility index (Phi) is 2.93. The predicted molar refractivity (Wildman–Crippen MR) is 51.7 cm³/mol. The smallest absolute Gasteiger partial charge is 0.259 e. The molecule has 78 valence electrons. The third kappa shape index (κ3) is 1.64. The SMILES string of the molecule is CC[C@H](C)[C@H]1NC(=O)/C(=C(/C)O)C1=O. The summed E-state index contributed by atoms with van der Waals surface area (Å²) in [4.78, 5) is 23.0. The number of nitrogens with one attached hydrogen (secondary N) is 1. The fourth-order valence-electron chi connectivity index (χ4n) is 1.53. The molecule has 1 aliphatic heterocycles. The van der Waals surface area contributed by atoms with Crippen LogP contribution in [-0.4, -0.2) is 22.8 Å². The van der Waals surface area contributed by atoms with Gasteiger partial charge in [-0.25, -0.2) is 0 Å². The summed E-state index contributed by atoms with van der Waals surface area (Å²) in [6.07, 6.45) is 0.814. The van der Waals surface area contributed by atoms with Crippen LogP contribution in [-0.2, 0) is 9.59 Å². The Balaban J connectivity index is 2.97. The molecule has 0 saturated carbocycles. The number of allylic oxidation sites excluding steroid dienone is 1. The molecule has 4 nitrogen and oxygen atoms in total. The van der Waals surface area contributed by atoms with Crippen molar-refractivity contribution in [2.75, 3.05) is 0 Å². The van der Waals surface area contributed by atoms with E-state index in [9.17, 15) is 9.59 Å². The van der Waals surface area contributed by atoms with E-state index in [1.165, 1.54) is 6.92 Å². The Morgan fingerprint density at radius 1 is 1.57 bits per heavy atom. The van der Waals surface area contributed by atoms with E-state index in [-0.39, 0.29) is 23.0 Å². The first-order valence-electron chi connectivity index (χ1n) is 4.74. The number of Topliss-reactive ketones (excluding diaryl/α,β-unsaturated/α-hetero) is 1. The predicted octanol–water partition coefficient (Wildman–Crippen LogP) is 0.932. The summed E-state index contributed by atoms with van der Waals surface area (Å²) in [6, 6.07) is -0.468. The van der Waals surface area contributed by atoms with Gasteiger partial charge in [0, 0.05) is 0 Å². The lowest BCUT2D eigenvalue weighted by Gasteiger charge is -2.14. The number of aliphatic hydroxyl groups is 1. The van der Waals surface area contributed by atoms with Gasteiger partial charge in [-0.1, -0.05) is 20.3 Å². The van der Waals surface area contributed by atoms with E-state index in [1.807, 2.05) is 13.8 Å². The van der Waals surface area contributed by atoms with Crippen molar-refractivity contribution < 1.29 is 14.7 Å². The molecule has 1 amide bonds. The van der Waals surface area contributed by atoms with Crippen molar-refractivity contribution in [1.82, 2.24) is 5.32 Å². The summed E-state index contributed by atoms with van der Waals surface area (Å²) in [5.74, 6) is -0.841. The number of hydrogen-bond donors (Lipinski definition) is 2. The normalized spacial score (nSPS) is 27.5. The largest absolute Gasteiger partial charge is 0.512 e. The molecule has 0 aromatic heterocycles. The molecule has 0 spiro atoms. The van der Waals surface area contributed by atoms with Crippen LogP contribution in [0.3, 0.4) is 0 Å². The van der Waals surface area contributed by atoms with Crippen molar-refractivity contribution in [3.8, 4) is 0 Å². The van der Waals surface area contributed by atoms with Gasteiger partial charge in [0.05, 0.1) is 6.04 Å². The zero-order valence-electron chi connectivity index (χ0n) is 8.63. The molecular formula is C10H15NO3. The molecule has 1 fully saturated rings. The average Bonchev–Trinajstić information content (AvgIpc) is 2.40. The standard InChI is InChI=1S/C10H15NO3/c1-4-5(2)8-9(13)7(6(3)12)10(14)11-8/h5,8,12H,4H2,1-3H3,(H,11,14)/b7-6-/t5-,8+/m0/s1. The first-order valence-corrected chi connectivity index (χ1v) is 4.74. The van der Waals surface area contributed by atoms with Crippen LogP contribution in [0.4, 0.5) is 0 Å². The van der Waals surface area contributed by atoms with Gasteiger partial charge < -0.3 is 10.4 Å². The number of rotatable bonds is 2. The zero-order chi connectivity index (χ0) is 10.9. The highest BCUT2D eigenvalue weighted by Crippen LogP contribution is 2.20. The van der Waals surface area contributed by atoms with Gasteiger partial charge in [-0.05, 0) is 12.8 Å². The second-order valence-corrected chi connectivity index (χ2v) is 3.66. The second-order valence-electron chi connectivity index (χ2n) is 3.66. The summed E-state index contributed by atoms with van der Waals surface area (Å²) in [5, 5.41) is 11.7. The number of ketones is 1. The topological polar surface area (TPSA) is 66.4 Å². The van der Waals surface area contributed by atoms with Gasteiger partial charge in [0.2, 0.25) is 0 Å². The number of carbonyl (C=O) groups excluding carboxylic acids is 2. The Morgan fingerprint density at radius 2 is 2.14 bits per heavy atom. The molecule has 1 aliphatic rings. The Labute approximate surface area is 83.0 Å². The summed E-state index contributed by atoms with van der Waals surface area (Å²) >= 11 is 0. The van der Waals surface area contributed by atoms with E-state index >= 15 is 0 Å². The van der Waals surface area contributed by atoms with Crippen molar-refractivity contribution in [3.05, 3.63) is 11.3 Å². The van der Waals surface area contributed by atoms with Crippen molar-refractivity contribution in [2.24, 2.45) is 5.92 Å². The maximum absolute atomic E-state index is 11.7. The van der Waals surface area contributed by atoms with Crippen LogP contribution in [0.15, 0.2) is 11.3 Å². The van der Waals surface area contributed by atoms with E-state index in [0.29, 0.717) is 0 Å². The van der Waals surface area contributed by atoms with Gasteiger partial charge in [0.1, 0.15) is 11.3 Å². The van der Waals surface area contributed by atoms with Crippen LogP contribution in [0.1, 0.15) is 27.2 Å². The highest BCUT2D eigenvalue weighted by Gasteiger charge is 2.39. The van der Waals surface area contributed by atoms with Crippen LogP contribution in [0.25, 0.3) is 0 Å². The van der Waals surface area contributed by atoms with Crippen molar-refractivity contribution in [2.45, 2.75) is 33.2 Å². The lowest BCUT2D eigenvalue weighted by Crippen LogP contribution is -2.35. The quantitative estimate of drug-likeness (QED) is 0.393. The number of hydrogen-bond acceptors (Lipinski definition) is 3. The Morgan fingerprint density at radius 3 is 2.50 bits per heavy atom. The third-order valence-electron chi connectivity index (χ3n) is 2.62. The first-order chi connectivity index (χ1) is 6.49. The van der Waals surface area contributed by atoms with E-state index < -0.39 is 11.9 Å². The van der Waals surface area contributed by atoms with E-state index in [2.05, 4.69) is 5.32 Å². The van der Waals surface area contributed by atoms with Gasteiger partial charge in [-0.3, -0.25) is 9.59 Å². The fraction of sp³-hybridized carbons (Fsp3) is 0.600. The van der Waals surface area contributed by atoms with Gasteiger partial charge >= 0.3 is 0 Å². The molecule has 0 aromatic carbocycles. The lowest BCUT2D eigenvalue weighted by atomic mass is 9.95. The minimum Gasteiger partial charge on any atom is -0.512 e. The van der Waals surface area contributed by atoms with Gasteiger partial charge in [0.15, 0.2) is 5.78 Å². The van der Waals surface area contributed by atoms with Crippen molar-refractivity contribution >= 4 is 11.7 Å². The molecule has 0 aromatic rings. The zero-order valence-corrected chi connectivity index (χ0v) is 8.63. The minimum absolute atomic E-state index is 0.0877. The molecule has 1 heterocycles. The van der Waals surface area contributed by atoms with E-state index in [1.54, 1.807) is 0 Å². The Bertz CT molecular complexity index is 302. The molecule has 0 aliphatic carbocycles. The Hall–Kier alpha value is -1.32. The minimum atomic E-state index is -0.468. The summed E-state index contributed by atoms with van der Waals surface area (Å²) in [5.41, 5.74) is -0.0877. The van der Waals surface area contributed by atoms with Gasteiger partial charge in [-0.2, -0.15) is 0 Å². The van der Waals surface area contributed by atoms with Crippen LogP contribution in [0.5, 0.6) is 0 Å². The van der Waals surface area contributed by atoms with E-state index in [0.717, 1.165) is 6.42 Å². The van der Waals surface area contributed by atoms with Crippen molar-refractivity contribution in [3.63, 3.8) is 0 Å². The second kappa shape index (κ2) is 3.82. The number of carbonyl (C=O) groups is 2. The molecule has 4 heteroatoms. The molecule has 0 bridgehead atoms. The molecule has 2 N–H and O–H groups in total. The molecule has 1 rings (SSSR count). The highest BCUT2D eigenvalue weighted by atomic mass is 16.3. The van der Waals surface area contributed by atoms with Crippen LogP contribution in [0, 0.1) is 5.92 Å². The number of aliphatic hydroxyl groups excluding tert-OH is 1. The molecule has 0 unspecified atom stereocenters. The van der Waals surface area contributed by atoms with Crippen LogP contribution >= 0.6 is 0 Å². The monoisotopic (exact) mass is 197 g/mol. The van der Waals surface area contributed by atoms with Gasteiger partial charge in [0.25, 0.3) is 5.91 Å². The fourth-order valence-corrected chi connectivity index (χ4v) is 1.53. The highest BCUT2D eigenvalue weighted by molar-refractivity contribution is 6.26. The molecular weight excluding hydrogens is 182 g/mol. The molecule has 14 heavy (non-hydrogen) atoms. The lowest BCUT2D eigenvalue weighted by molar-refractivity contribution is -0.117. The molecule has 0 radical (unpaired) electrons. The maximum atomic E-state index is 11.7. The number of amides is 1. The summed E-state index contributed by atoms with van der Waals surface area (Å²) < 4.78 is 0. The summed E-state index contributed by atoms with van der Waals surface area (Å²) in [7, 11) is 0. The van der Waals surface area contributed by atoms with Crippen LogP contribution < -0.4 is 5.32 Å². The maximum Gasteiger partial charge on any atom is 0.259 e. The van der Waals surface area contributed by atoms with E-state index in [4.69, 9.17) is 5.11 Å². The van der Waals surface area contributed by atoms with Gasteiger partial charge in [-0.15, -0.1) is 0 Å². The molecule has 1 saturated heterocycles. The van der Waals surface area contributed by atoms with Crippen molar-refractivity contribution in [1.29, 1.82) is 0 Å². The van der Waals surface area contributed by atoms with Crippen LogP contribution in [0.2, 0.25) is 0 Å². The summed E-state index contributed by atoms with van der Waals surface area (Å²) in [6.45, 7) is 5.21. The third-order valence-corrected chi connectivity index (χ3v) is 2.62. The average molecular weight is 197 g/mol. The molecule has 2 atom stereocenters. The first kappa shape index (κ1) is 10.8.